The smallest absolute Gasteiger partial charge is 0.305 e. The highest BCUT2D eigenvalue weighted by molar-refractivity contribution is 5.76. The van der Waals surface area contributed by atoms with Gasteiger partial charge in [0.2, 0.25) is 5.91 Å². The lowest BCUT2D eigenvalue weighted by Gasteiger charge is -2.40. The van der Waals surface area contributed by atoms with Crippen LogP contribution in [0.1, 0.15) is 386 Å². The molecule has 0 aromatic carbocycles. The summed E-state index contributed by atoms with van der Waals surface area (Å²) in [5.74, 6) is -0.168. The fourth-order valence-corrected chi connectivity index (χ4v) is 12.3. The van der Waals surface area contributed by atoms with E-state index in [0.29, 0.717) is 19.4 Å². The molecule has 1 aliphatic rings. The fraction of sp³-hybridized carbons (Fsp3) is 0.921. The lowest BCUT2D eigenvalue weighted by atomic mass is 9.99. The minimum Gasteiger partial charge on any atom is -0.466 e. The van der Waals surface area contributed by atoms with Gasteiger partial charge < -0.3 is 45.1 Å². The van der Waals surface area contributed by atoms with Crippen molar-refractivity contribution in [3.8, 4) is 0 Å². The molecule has 7 atom stereocenters. The summed E-state index contributed by atoms with van der Waals surface area (Å²) in [6, 6.07) is -0.805. The van der Waals surface area contributed by atoms with Gasteiger partial charge >= 0.3 is 5.97 Å². The Morgan fingerprint density at radius 3 is 1.10 bits per heavy atom. The van der Waals surface area contributed by atoms with Gasteiger partial charge in [0.1, 0.15) is 24.4 Å². The molecule has 0 aliphatic carbocycles. The highest BCUT2D eigenvalue weighted by Crippen LogP contribution is 2.24. The van der Waals surface area contributed by atoms with E-state index in [1.54, 1.807) is 6.08 Å². The molecular formula is C76H145NO10. The third-order valence-electron chi connectivity index (χ3n) is 18.3. The molecule has 0 saturated carbocycles. The van der Waals surface area contributed by atoms with Crippen LogP contribution < -0.4 is 5.32 Å². The molecule has 0 aromatic rings. The van der Waals surface area contributed by atoms with E-state index in [0.717, 1.165) is 57.8 Å². The van der Waals surface area contributed by atoms with Crippen LogP contribution in [0, 0.1) is 0 Å². The molecule has 1 aliphatic heterocycles. The molecule has 11 heteroatoms. The van der Waals surface area contributed by atoms with E-state index in [9.17, 15) is 35.1 Å². The van der Waals surface area contributed by atoms with Crippen molar-refractivity contribution >= 4 is 11.9 Å². The topological polar surface area (TPSA) is 175 Å². The van der Waals surface area contributed by atoms with E-state index in [1.807, 2.05) is 6.08 Å². The maximum atomic E-state index is 13.0. The third kappa shape index (κ3) is 54.4. The quantitative estimate of drug-likeness (QED) is 0.0195. The number of aliphatic hydroxyl groups is 5. The number of nitrogens with one attached hydrogen (secondary N) is 1. The first-order valence-corrected chi connectivity index (χ1v) is 38.1. The van der Waals surface area contributed by atoms with Gasteiger partial charge in [-0.15, -0.1) is 0 Å². The molecular weight excluding hydrogens is 1090 g/mol. The van der Waals surface area contributed by atoms with Crippen molar-refractivity contribution < 1.29 is 49.3 Å². The molecule has 0 spiro atoms. The Hall–Kier alpha value is -1.86. The highest BCUT2D eigenvalue weighted by Gasteiger charge is 2.44. The molecule has 1 saturated heterocycles. The molecule has 1 heterocycles. The number of amides is 1. The number of carbonyl (C=O) groups excluding carboxylic acids is 2. The molecule has 1 fully saturated rings. The third-order valence-corrected chi connectivity index (χ3v) is 18.3. The van der Waals surface area contributed by atoms with Crippen molar-refractivity contribution in [3.63, 3.8) is 0 Å². The van der Waals surface area contributed by atoms with Gasteiger partial charge in [-0.1, -0.05) is 340 Å². The fourth-order valence-electron chi connectivity index (χ4n) is 12.3. The van der Waals surface area contributed by atoms with Gasteiger partial charge in [0.05, 0.1) is 32.0 Å². The minimum absolute atomic E-state index is 0.00775. The summed E-state index contributed by atoms with van der Waals surface area (Å²) in [5, 5.41) is 54.4. The summed E-state index contributed by atoms with van der Waals surface area (Å²) in [5.41, 5.74) is 0. The van der Waals surface area contributed by atoms with Gasteiger partial charge in [0, 0.05) is 12.8 Å². The van der Waals surface area contributed by atoms with E-state index in [1.165, 1.54) is 302 Å². The Morgan fingerprint density at radius 2 is 0.736 bits per heavy atom. The molecule has 1 amide bonds. The van der Waals surface area contributed by atoms with E-state index in [-0.39, 0.29) is 18.5 Å². The van der Waals surface area contributed by atoms with E-state index >= 15 is 0 Å². The van der Waals surface area contributed by atoms with Crippen LogP contribution in [-0.2, 0) is 23.8 Å². The summed E-state index contributed by atoms with van der Waals surface area (Å²) in [4.78, 5) is 25.1. The van der Waals surface area contributed by atoms with Crippen molar-refractivity contribution in [2.75, 3.05) is 19.8 Å². The van der Waals surface area contributed by atoms with Gasteiger partial charge in [0.25, 0.3) is 0 Å². The first-order chi connectivity index (χ1) is 42.7. The average Bonchev–Trinajstić information content (AvgIpc) is 3.20. The Morgan fingerprint density at radius 1 is 0.414 bits per heavy atom. The zero-order valence-electron chi connectivity index (χ0n) is 57.3. The number of aliphatic hydroxyl groups excluding tert-OH is 5. The second-order valence-electron chi connectivity index (χ2n) is 26.7. The van der Waals surface area contributed by atoms with Crippen LogP contribution in [0.2, 0.25) is 0 Å². The molecule has 514 valence electrons. The van der Waals surface area contributed by atoms with Gasteiger partial charge in [-0.05, 0) is 57.8 Å². The van der Waals surface area contributed by atoms with Crippen LogP contribution in [0.15, 0.2) is 24.3 Å². The number of ether oxygens (including phenoxy) is 3. The lowest BCUT2D eigenvalue weighted by molar-refractivity contribution is -0.302. The standard InChI is InChI=1S/C76H145NO10/c1-3-5-7-9-11-13-15-16-17-38-41-44-48-52-56-60-64-72(81)85-65-61-57-53-49-45-42-39-36-34-32-30-28-26-24-22-20-18-19-21-23-25-27-29-31-33-35-37-40-43-47-51-55-59-63-71(80)77-68(67-86-76-75(84)74(83)73(82)70(66-78)87-76)69(79)62-58-54-50-46-14-12-10-8-6-4-2/h17,38,58,62,68-70,73-76,78-79,82-84H,3-16,18-37,39-57,59-61,63-67H2,1-2H3,(H,77,80)/b38-17-,62-58+. The number of esters is 1. The first-order valence-electron chi connectivity index (χ1n) is 38.1. The Kier molecular flexibility index (Phi) is 62.7. The molecule has 0 aromatic heterocycles. The number of hydrogen-bond acceptors (Lipinski definition) is 10. The predicted octanol–water partition coefficient (Wildman–Crippen LogP) is 20.0. The summed E-state index contributed by atoms with van der Waals surface area (Å²) >= 11 is 0. The van der Waals surface area contributed by atoms with Gasteiger partial charge in [-0.25, -0.2) is 0 Å². The zero-order valence-corrected chi connectivity index (χ0v) is 57.3. The number of hydrogen-bond donors (Lipinski definition) is 6. The van der Waals surface area contributed by atoms with Gasteiger partial charge in [-0.3, -0.25) is 9.59 Å². The van der Waals surface area contributed by atoms with Crippen LogP contribution in [0.4, 0.5) is 0 Å². The predicted molar refractivity (Wildman–Crippen MR) is 366 cm³/mol. The maximum Gasteiger partial charge on any atom is 0.305 e. The van der Waals surface area contributed by atoms with Gasteiger partial charge in [0.15, 0.2) is 6.29 Å². The lowest BCUT2D eigenvalue weighted by Crippen LogP contribution is -2.60. The summed E-state index contributed by atoms with van der Waals surface area (Å²) < 4.78 is 16.7. The van der Waals surface area contributed by atoms with Crippen LogP contribution in [0.3, 0.4) is 0 Å². The van der Waals surface area contributed by atoms with Crippen molar-refractivity contribution in [1.29, 1.82) is 0 Å². The molecule has 0 bridgehead atoms. The van der Waals surface area contributed by atoms with Crippen molar-refractivity contribution in [1.82, 2.24) is 5.32 Å². The molecule has 7 unspecified atom stereocenters. The second-order valence-corrected chi connectivity index (χ2v) is 26.7. The van der Waals surface area contributed by atoms with E-state index in [2.05, 4.69) is 31.3 Å². The van der Waals surface area contributed by atoms with Gasteiger partial charge in [-0.2, -0.15) is 0 Å². The minimum atomic E-state index is -1.57. The summed E-state index contributed by atoms with van der Waals surface area (Å²) in [7, 11) is 0. The number of rotatable bonds is 68. The Balaban J connectivity index is 1.87. The summed E-state index contributed by atoms with van der Waals surface area (Å²) in [6.45, 7) is 4.37. The number of carbonyl (C=O) groups is 2. The summed E-state index contributed by atoms with van der Waals surface area (Å²) in [6.07, 6.45) is 73.5. The second kappa shape index (κ2) is 65.6. The monoisotopic (exact) mass is 1230 g/mol. The van der Waals surface area contributed by atoms with Crippen LogP contribution in [0.25, 0.3) is 0 Å². The van der Waals surface area contributed by atoms with Crippen LogP contribution >= 0.6 is 0 Å². The maximum absolute atomic E-state index is 13.0. The zero-order chi connectivity index (χ0) is 63.0. The van der Waals surface area contributed by atoms with Crippen molar-refractivity contribution in [2.24, 2.45) is 0 Å². The molecule has 87 heavy (non-hydrogen) atoms. The Labute approximate surface area is 537 Å². The number of allylic oxidation sites excluding steroid dienone is 3. The number of unbranched alkanes of at least 4 members (excludes halogenated alkanes) is 52. The Bertz CT molecular complexity index is 1490. The molecule has 0 radical (unpaired) electrons. The average molecular weight is 1230 g/mol. The van der Waals surface area contributed by atoms with Crippen molar-refractivity contribution in [2.45, 2.75) is 429 Å². The normalized spacial score (nSPS) is 17.9. The molecule has 11 nitrogen and oxygen atoms in total. The highest BCUT2D eigenvalue weighted by atomic mass is 16.7. The molecule has 1 rings (SSSR count). The van der Waals surface area contributed by atoms with Crippen LogP contribution in [0.5, 0.6) is 0 Å². The SMILES string of the molecule is CCCCCCCCC/C=C\CCCCCCCC(=O)OCCCCCCCCCCCCCCCCCCCCCCCCCCCCCCCCCCCC(=O)NC(COC1OC(CO)C(O)C(O)C1O)C(O)/C=C/CCCCCCCCCC. The largest absolute Gasteiger partial charge is 0.466 e. The van der Waals surface area contributed by atoms with E-state index < -0.39 is 49.5 Å². The molecule has 6 N–H and O–H groups in total. The van der Waals surface area contributed by atoms with Crippen molar-refractivity contribution in [3.05, 3.63) is 24.3 Å². The van der Waals surface area contributed by atoms with Crippen LogP contribution in [-0.4, -0.2) is 100 Å². The van der Waals surface area contributed by atoms with E-state index in [4.69, 9.17) is 14.2 Å². The first kappa shape index (κ1) is 83.2.